The first-order valence-corrected chi connectivity index (χ1v) is 7.12. The predicted molar refractivity (Wildman–Crippen MR) is 77.7 cm³/mol. The fraction of sp³-hybridized carbons (Fsp3) is 0.625. The number of hydrogen-bond donors (Lipinski definition) is 1. The summed E-state index contributed by atoms with van der Waals surface area (Å²) in [6.07, 6.45) is 0. The quantitative estimate of drug-likeness (QED) is 0.882. The zero-order chi connectivity index (χ0) is 13.2. The molecule has 100 valence electrons. The number of piperazine rings is 1. The molecule has 0 spiro atoms. The van der Waals surface area contributed by atoms with Crippen LogP contribution in [0.4, 0.5) is 0 Å². The smallest absolute Gasteiger partial charge is 0.0557 e. The van der Waals surface area contributed by atoms with Crippen LogP contribution in [0.5, 0.6) is 0 Å². The molecule has 1 aliphatic heterocycles. The predicted octanol–water partition coefficient (Wildman–Crippen LogP) is 2.85. The van der Waals surface area contributed by atoms with Gasteiger partial charge in [-0.1, -0.05) is 51.1 Å². The van der Waals surface area contributed by atoms with Gasteiger partial charge in [-0.05, 0) is 24.9 Å². The monoisotopic (exact) mass is 246 g/mol. The second kappa shape index (κ2) is 5.41. The van der Waals surface area contributed by atoms with Gasteiger partial charge in [0.15, 0.2) is 0 Å². The molecule has 18 heavy (non-hydrogen) atoms. The van der Waals surface area contributed by atoms with Gasteiger partial charge in [0, 0.05) is 19.1 Å². The summed E-state index contributed by atoms with van der Waals surface area (Å²) in [5, 5.41) is 3.73. The third-order valence-electron chi connectivity index (χ3n) is 4.41. The molecule has 2 nitrogen and oxygen atoms in total. The summed E-state index contributed by atoms with van der Waals surface area (Å²) in [4.78, 5) is 2.61. The fourth-order valence-corrected chi connectivity index (χ4v) is 2.95. The number of hydrogen-bond acceptors (Lipinski definition) is 2. The van der Waals surface area contributed by atoms with Crippen LogP contribution in [0.3, 0.4) is 0 Å². The van der Waals surface area contributed by atoms with E-state index in [4.69, 9.17) is 0 Å². The van der Waals surface area contributed by atoms with Crippen LogP contribution in [0.2, 0.25) is 0 Å². The lowest BCUT2D eigenvalue weighted by atomic mass is 9.85. The van der Waals surface area contributed by atoms with Crippen molar-refractivity contribution in [3.05, 3.63) is 35.9 Å². The van der Waals surface area contributed by atoms with Crippen molar-refractivity contribution in [1.29, 1.82) is 0 Å². The van der Waals surface area contributed by atoms with E-state index in [1.54, 1.807) is 0 Å². The molecule has 1 saturated heterocycles. The van der Waals surface area contributed by atoms with Crippen molar-refractivity contribution in [2.45, 2.75) is 39.3 Å². The van der Waals surface area contributed by atoms with E-state index in [0.717, 1.165) is 19.6 Å². The van der Waals surface area contributed by atoms with Gasteiger partial charge in [0.2, 0.25) is 0 Å². The molecule has 1 fully saturated rings. The lowest BCUT2D eigenvalue weighted by Crippen LogP contribution is -2.62. The number of benzene rings is 1. The first kappa shape index (κ1) is 13.6. The minimum Gasteiger partial charge on any atom is -0.310 e. The third-order valence-corrected chi connectivity index (χ3v) is 4.41. The van der Waals surface area contributed by atoms with Crippen LogP contribution in [0, 0.1) is 5.92 Å². The van der Waals surface area contributed by atoms with E-state index in [-0.39, 0.29) is 5.54 Å². The van der Waals surface area contributed by atoms with Gasteiger partial charge in [0.25, 0.3) is 0 Å². The molecule has 0 aromatic heterocycles. The molecular weight excluding hydrogens is 220 g/mol. The van der Waals surface area contributed by atoms with E-state index in [1.807, 2.05) is 0 Å². The normalized spacial score (nSPS) is 29.7. The average molecular weight is 246 g/mol. The van der Waals surface area contributed by atoms with Crippen molar-refractivity contribution in [2.75, 3.05) is 19.6 Å². The molecule has 0 aliphatic carbocycles. The standard InChI is InChI=1S/C16H26N2/c1-5-18-11-15(13(2)3)17-12-16(18,4)14-9-7-6-8-10-14/h6-10,13,15,17H,5,11-12H2,1-4H3. The summed E-state index contributed by atoms with van der Waals surface area (Å²) < 4.78 is 0. The molecular formula is C16H26N2. The van der Waals surface area contributed by atoms with Gasteiger partial charge in [0.1, 0.15) is 0 Å². The largest absolute Gasteiger partial charge is 0.310 e. The molecule has 1 aromatic rings. The van der Waals surface area contributed by atoms with Crippen molar-refractivity contribution in [1.82, 2.24) is 10.2 Å². The Morgan fingerprint density at radius 2 is 2.00 bits per heavy atom. The Morgan fingerprint density at radius 1 is 1.33 bits per heavy atom. The summed E-state index contributed by atoms with van der Waals surface area (Å²) in [6.45, 7) is 12.5. The average Bonchev–Trinajstić information content (AvgIpc) is 2.40. The minimum absolute atomic E-state index is 0.126. The maximum atomic E-state index is 3.73. The number of rotatable bonds is 3. The topological polar surface area (TPSA) is 15.3 Å². The van der Waals surface area contributed by atoms with E-state index >= 15 is 0 Å². The lowest BCUT2D eigenvalue weighted by Gasteiger charge is -2.49. The molecule has 0 bridgehead atoms. The molecule has 2 unspecified atom stereocenters. The van der Waals surface area contributed by atoms with Gasteiger partial charge >= 0.3 is 0 Å². The highest BCUT2D eigenvalue weighted by atomic mass is 15.3. The Bertz CT molecular complexity index is 374. The second-order valence-electron chi connectivity index (χ2n) is 5.91. The van der Waals surface area contributed by atoms with Gasteiger partial charge in [-0.25, -0.2) is 0 Å². The molecule has 0 radical (unpaired) electrons. The molecule has 1 heterocycles. The lowest BCUT2D eigenvalue weighted by molar-refractivity contribution is 0.0441. The number of nitrogens with one attached hydrogen (secondary N) is 1. The summed E-state index contributed by atoms with van der Waals surface area (Å²) >= 11 is 0. The Labute approximate surface area is 111 Å². The first-order valence-electron chi connectivity index (χ1n) is 7.12. The summed E-state index contributed by atoms with van der Waals surface area (Å²) in [6, 6.07) is 11.5. The van der Waals surface area contributed by atoms with Crippen molar-refractivity contribution < 1.29 is 0 Å². The second-order valence-corrected chi connectivity index (χ2v) is 5.91. The highest BCUT2D eigenvalue weighted by molar-refractivity contribution is 5.25. The highest BCUT2D eigenvalue weighted by Gasteiger charge is 2.38. The van der Waals surface area contributed by atoms with E-state index in [9.17, 15) is 0 Å². The highest BCUT2D eigenvalue weighted by Crippen LogP contribution is 2.31. The van der Waals surface area contributed by atoms with Crippen molar-refractivity contribution in [2.24, 2.45) is 5.92 Å². The van der Waals surface area contributed by atoms with Crippen molar-refractivity contribution in [3.8, 4) is 0 Å². The third kappa shape index (κ3) is 2.45. The minimum atomic E-state index is 0.126. The SMILES string of the molecule is CCN1CC(C(C)C)NCC1(C)c1ccccc1. The van der Waals surface area contributed by atoms with Gasteiger partial charge in [-0.3, -0.25) is 4.90 Å². The molecule has 2 atom stereocenters. The van der Waals surface area contributed by atoms with E-state index in [2.05, 4.69) is 68.2 Å². The Balaban J connectivity index is 2.23. The van der Waals surface area contributed by atoms with Crippen LogP contribution in [0.25, 0.3) is 0 Å². The van der Waals surface area contributed by atoms with Crippen LogP contribution in [0.1, 0.15) is 33.3 Å². The van der Waals surface area contributed by atoms with Crippen LogP contribution in [-0.2, 0) is 5.54 Å². The van der Waals surface area contributed by atoms with E-state index < -0.39 is 0 Å². The molecule has 1 aromatic carbocycles. The Hall–Kier alpha value is -0.860. The number of likely N-dealkylation sites (N-methyl/N-ethyl adjacent to an activating group) is 1. The fourth-order valence-electron chi connectivity index (χ4n) is 2.95. The zero-order valence-corrected chi connectivity index (χ0v) is 12.1. The van der Waals surface area contributed by atoms with Gasteiger partial charge in [-0.2, -0.15) is 0 Å². The van der Waals surface area contributed by atoms with Crippen molar-refractivity contribution >= 4 is 0 Å². The number of nitrogens with zero attached hydrogens (tertiary/aromatic N) is 1. The molecule has 2 rings (SSSR count). The van der Waals surface area contributed by atoms with Gasteiger partial charge in [-0.15, -0.1) is 0 Å². The van der Waals surface area contributed by atoms with Crippen LogP contribution in [-0.4, -0.2) is 30.6 Å². The Kier molecular flexibility index (Phi) is 4.08. The first-order chi connectivity index (χ1) is 8.58. The van der Waals surface area contributed by atoms with Crippen molar-refractivity contribution in [3.63, 3.8) is 0 Å². The molecule has 1 aliphatic rings. The maximum Gasteiger partial charge on any atom is 0.0557 e. The van der Waals surface area contributed by atoms with Crippen LogP contribution >= 0.6 is 0 Å². The molecule has 1 N–H and O–H groups in total. The van der Waals surface area contributed by atoms with Gasteiger partial charge < -0.3 is 5.32 Å². The molecule has 0 amide bonds. The maximum absolute atomic E-state index is 3.73. The molecule has 2 heteroatoms. The Morgan fingerprint density at radius 3 is 2.56 bits per heavy atom. The van der Waals surface area contributed by atoms with Gasteiger partial charge in [0.05, 0.1) is 5.54 Å². The molecule has 0 saturated carbocycles. The van der Waals surface area contributed by atoms with Crippen LogP contribution in [0.15, 0.2) is 30.3 Å². The van der Waals surface area contributed by atoms with E-state index in [0.29, 0.717) is 12.0 Å². The van der Waals surface area contributed by atoms with Crippen LogP contribution < -0.4 is 5.32 Å². The summed E-state index contributed by atoms with van der Waals surface area (Å²) in [7, 11) is 0. The summed E-state index contributed by atoms with van der Waals surface area (Å²) in [5.74, 6) is 0.694. The van der Waals surface area contributed by atoms with E-state index in [1.165, 1.54) is 5.56 Å². The zero-order valence-electron chi connectivity index (χ0n) is 12.1. The summed E-state index contributed by atoms with van der Waals surface area (Å²) in [5.41, 5.74) is 1.54.